The molecule has 4 amide bonds. The van der Waals surface area contributed by atoms with E-state index in [-0.39, 0.29) is 61.1 Å². The van der Waals surface area contributed by atoms with E-state index in [1.54, 1.807) is 13.8 Å². The normalized spacial score (nSPS) is 27.3. The summed E-state index contributed by atoms with van der Waals surface area (Å²) in [5.74, 6) is -0.456. The van der Waals surface area contributed by atoms with Gasteiger partial charge in [0.1, 0.15) is 22.7 Å². The molecule has 3 aliphatic rings. The van der Waals surface area contributed by atoms with Crippen molar-refractivity contribution in [1.82, 2.24) is 24.6 Å². The lowest BCUT2D eigenvalue weighted by molar-refractivity contribution is -0.141. The molecule has 1 saturated carbocycles. The molecule has 0 unspecified atom stereocenters. The summed E-state index contributed by atoms with van der Waals surface area (Å²) < 4.78 is 32.2. The lowest BCUT2D eigenvalue weighted by atomic mass is 9.73. The van der Waals surface area contributed by atoms with Gasteiger partial charge in [-0.25, -0.2) is 13.2 Å². The van der Waals surface area contributed by atoms with E-state index >= 15 is 0 Å². The fourth-order valence-electron chi connectivity index (χ4n) is 5.02. The van der Waals surface area contributed by atoms with Crippen molar-refractivity contribution in [3.63, 3.8) is 0 Å². The summed E-state index contributed by atoms with van der Waals surface area (Å²) >= 11 is 0. The number of carbonyl (C=O) groups excluding carboxylic acids is 3. The number of imide groups is 1. The zero-order chi connectivity index (χ0) is 23.3. The molecule has 176 valence electrons. The van der Waals surface area contributed by atoms with Gasteiger partial charge in [0, 0.05) is 26.2 Å². The summed E-state index contributed by atoms with van der Waals surface area (Å²) in [5, 5.41) is 6.56. The third-order valence-corrected chi connectivity index (χ3v) is 9.10. The number of aryl methyl sites for hydroxylation is 2. The van der Waals surface area contributed by atoms with Gasteiger partial charge in [-0.3, -0.25) is 14.5 Å². The highest BCUT2D eigenvalue weighted by atomic mass is 32.2. The standard InChI is InChI=1S/C20H29N5O6S/c1-13-6-4-5-7-20(13)18(27)25(19(28)21-20)12-16(26)23-8-10-24(11-9-23)32(29,30)17-14(2)22-31-15(17)3/h13H,4-12H2,1-3H3,(H,21,28)/t13-,20-/m1/s1. The Kier molecular flexibility index (Phi) is 5.78. The fourth-order valence-corrected chi connectivity index (χ4v) is 6.74. The Balaban J connectivity index is 1.39. The number of nitrogens with zero attached hydrogens (tertiary/aromatic N) is 4. The number of rotatable bonds is 4. The van der Waals surface area contributed by atoms with E-state index in [0.717, 1.165) is 24.2 Å². The summed E-state index contributed by atoms with van der Waals surface area (Å²) in [5.41, 5.74) is -0.609. The number of hydrogen-bond donors (Lipinski definition) is 1. The van der Waals surface area contributed by atoms with E-state index < -0.39 is 21.6 Å². The zero-order valence-electron chi connectivity index (χ0n) is 18.6. The van der Waals surface area contributed by atoms with E-state index in [1.165, 1.54) is 9.21 Å². The molecule has 3 heterocycles. The van der Waals surface area contributed by atoms with Gasteiger partial charge in [-0.2, -0.15) is 4.31 Å². The van der Waals surface area contributed by atoms with E-state index in [2.05, 4.69) is 10.5 Å². The van der Waals surface area contributed by atoms with Crippen LogP contribution >= 0.6 is 0 Å². The molecule has 0 aromatic carbocycles. The minimum Gasteiger partial charge on any atom is -0.360 e. The van der Waals surface area contributed by atoms with E-state index in [0.29, 0.717) is 12.1 Å². The predicted octanol–water partition coefficient (Wildman–Crippen LogP) is 0.625. The van der Waals surface area contributed by atoms with Gasteiger partial charge in [-0.1, -0.05) is 24.9 Å². The molecule has 12 heteroatoms. The maximum absolute atomic E-state index is 13.1. The molecule has 1 aromatic heterocycles. The first-order valence-corrected chi connectivity index (χ1v) is 12.4. The Morgan fingerprint density at radius 3 is 2.47 bits per heavy atom. The summed E-state index contributed by atoms with van der Waals surface area (Å²) in [6, 6.07) is -0.531. The van der Waals surface area contributed by atoms with Crippen LogP contribution in [0.1, 0.15) is 44.1 Å². The quantitative estimate of drug-likeness (QED) is 0.642. The highest BCUT2D eigenvalue weighted by Gasteiger charge is 2.55. The number of sulfonamides is 1. The first-order valence-electron chi connectivity index (χ1n) is 10.9. The molecule has 3 fully saturated rings. The minimum atomic E-state index is -3.78. The van der Waals surface area contributed by atoms with Crippen LogP contribution in [0, 0.1) is 19.8 Å². The lowest BCUT2D eigenvalue weighted by Crippen LogP contribution is -2.55. The maximum Gasteiger partial charge on any atom is 0.325 e. The van der Waals surface area contributed by atoms with E-state index in [1.807, 2.05) is 6.92 Å². The first-order chi connectivity index (χ1) is 15.1. The van der Waals surface area contributed by atoms with Gasteiger partial charge < -0.3 is 14.7 Å². The molecule has 11 nitrogen and oxygen atoms in total. The average molecular weight is 468 g/mol. The van der Waals surface area contributed by atoms with Crippen LogP contribution in [0.25, 0.3) is 0 Å². The second kappa shape index (κ2) is 8.14. The predicted molar refractivity (Wildman–Crippen MR) is 112 cm³/mol. The third kappa shape index (κ3) is 3.58. The van der Waals surface area contributed by atoms with Crippen molar-refractivity contribution in [1.29, 1.82) is 0 Å². The fraction of sp³-hybridized carbons (Fsp3) is 0.700. The molecule has 2 aliphatic heterocycles. The Hall–Kier alpha value is -2.47. The van der Waals surface area contributed by atoms with Gasteiger partial charge in [0.15, 0.2) is 5.76 Å². The van der Waals surface area contributed by atoms with Gasteiger partial charge in [0.05, 0.1) is 0 Å². The number of nitrogens with one attached hydrogen (secondary N) is 1. The number of piperazine rings is 1. The van der Waals surface area contributed by atoms with Crippen LogP contribution in [-0.2, 0) is 19.6 Å². The highest BCUT2D eigenvalue weighted by Crippen LogP contribution is 2.38. The molecule has 32 heavy (non-hydrogen) atoms. The van der Waals surface area contributed by atoms with Crippen molar-refractivity contribution in [3.05, 3.63) is 11.5 Å². The second-order valence-electron chi connectivity index (χ2n) is 8.88. The topological polar surface area (TPSA) is 133 Å². The molecular weight excluding hydrogens is 438 g/mol. The van der Waals surface area contributed by atoms with Crippen LogP contribution in [0.4, 0.5) is 4.79 Å². The van der Waals surface area contributed by atoms with Crippen LogP contribution in [0.15, 0.2) is 9.42 Å². The molecule has 1 spiro atoms. The molecule has 0 bridgehead atoms. The minimum absolute atomic E-state index is 0.0193. The average Bonchev–Trinajstić information content (AvgIpc) is 3.22. The van der Waals surface area contributed by atoms with Crippen molar-refractivity contribution >= 4 is 27.9 Å². The van der Waals surface area contributed by atoms with E-state index in [9.17, 15) is 22.8 Å². The number of aromatic nitrogens is 1. The molecule has 4 rings (SSSR count). The van der Waals surface area contributed by atoms with Crippen LogP contribution in [0.5, 0.6) is 0 Å². The Labute approximate surface area is 187 Å². The SMILES string of the molecule is Cc1noc(C)c1S(=O)(=O)N1CCN(C(=O)CN2C(=O)N[C@@]3(CCCC[C@H]3C)C2=O)CC1. The summed E-state index contributed by atoms with van der Waals surface area (Å²) in [6.07, 6.45) is 3.32. The largest absolute Gasteiger partial charge is 0.360 e. The molecule has 1 aliphatic carbocycles. The van der Waals surface area contributed by atoms with Crippen LogP contribution in [0.3, 0.4) is 0 Å². The maximum atomic E-state index is 13.1. The zero-order valence-corrected chi connectivity index (χ0v) is 19.4. The van der Waals surface area contributed by atoms with Crippen LogP contribution in [0.2, 0.25) is 0 Å². The Bertz CT molecular complexity index is 1030. The summed E-state index contributed by atoms with van der Waals surface area (Å²) in [7, 11) is -3.78. The third-order valence-electron chi connectivity index (χ3n) is 6.95. The highest BCUT2D eigenvalue weighted by molar-refractivity contribution is 7.89. The monoisotopic (exact) mass is 467 g/mol. The Morgan fingerprint density at radius 1 is 1.19 bits per heavy atom. The van der Waals surface area contributed by atoms with Crippen molar-refractivity contribution < 1.29 is 27.3 Å². The van der Waals surface area contributed by atoms with Crippen molar-refractivity contribution in [3.8, 4) is 0 Å². The number of urea groups is 1. The van der Waals surface area contributed by atoms with Crippen LogP contribution in [-0.4, -0.2) is 83.8 Å². The second-order valence-corrected chi connectivity index (χ2v) is 10.8. The van der Waals surface area contributed by atoms with Crippen LogP contribution < -0.4 is 5.32 Å². The van der Waals surface area contributed by atoms with Crippen molar-refractivity contribution in [2.45, 2.75) is 56.9 Å². The van der Waals surface area contributed by atoms with Gasteiger partial charge in [-0.15, -0.1) is 0 Å². The lowest BCUT2D eigenvalue weighted by Gasteiger charge is -2.37. The van der Waals surface area contributed by atoms with Gasteiger partial charge in [-0.05, 0) is 32.6 Å². The molecule has 2 saturated heterocycles. The molecular formula is C20H29N5O6S. The molecule has 0 radical (unpaired) electrons. The molecule has 2 atom stereocenters. The van der Waals surface area contributed by atoms with Crippen molar-refractivity contribution in [2.75, 3.05) is 32.7 Å². The Morgan fingerprint density at radius 2 is 1.88 bits per heavy atom. The van der Waals surface area contributed by atoms with Gasteiger partial charge >= 0.3 is 6.03 Å². The molecule has 1 aromatic rings. The molecule has 1 N–H and O–H groups in total. The van der Waals surface area contributed by atoms with Crippen molar-refractivity contribution in [2.24, 2.45) is 5.92 Å². The summed E-state index contributed by atoms with van der Waals surface area (Å²) in [6.45, 7) is 5.31. The van der Waals surface area contributed by atoms with Gasteiger partial charge in [0.25, 0.3) is 5.91 Å². The number of carbonyl (C=O) groups is 3. The smallest absolute Gasteiger partial charge is 0.325 e. The van der Waals surface area contributed by atoms with E-state index in [4.69, 9.17) is 4.52 Å². The first kappa shape index (κ1) is 22.7. The number of hydrogen-bond acceptors (Lipinski definition) is 7. The summed E-state index contributed by atoms with van der Waals surface area (Å²) in [4.78, 5) is 41.0. The van der Waals surface area contributed by atoms with Gasteiger partial charge in [0.2, 0.25) is 15.9 Å². The number of amides is 4.